The molecule has 0 bridgehead atoms. The van der Waals surface area contributed by atoms with Crippen LogP contribution in [0, 0.1) is 0 Å². The topological polar surface area (TPSA) is 145 Å². The van der Waals surface area contributed by atoms with Gasteiger partial charge in [0.25, 0.3) is 5.91 Å². The number of aromatic nitrogens is 3. The number of guanidine groups is 1. The highest BCUT2D eigenvalue weighted by Gasteiger charge is 2.37. The molecule has 3 rings (SSSR count). The fourth-order valence-electron chi connectivity index (χ4n) is 2.79. The number of rotatable bonds is 7. The second-order valence-corrected chi connectivity index (χ2v) is 6.84. The summed E-state index contributed by atoms with van der Waals surface area (Å²) in [5, 5.41) is 2.74. The van der Waals surface area contributed by atoms with E-state index in [4.69, 9.17) is 15.2 Å². The van der Waals surface area contributed by atoms with Crippen LogP contribution in [0.3, 0.4) is 0 Å². The Labute approximate surface area is 173 Å². The lowest BCUT2D eigenvalue weighted by Gasteiger charge is -2.32. The standard InChI is InChI=1S/C19H23N7O4/c1-19(9-16(27)26(2)18(20)25-19)14-8-12(4-5-21-14)24-17(28)13-10-23-15(11-22-13)30-7-6-29-3/h4-5,8,10-11H,6-7,9H2,1-3H3,(H2,20,25)(H,21,24,28). The maximum Gasteiger partial charge on any atom is 0.275 e. The Morgan fingerprint density at radius 3 is 2.77 bits per heavy atom. The smallest absolute Gasteiger partial charge is 0.275 e. The molecular weight excluding hydrogens is 390 g/mol. The van der Waals surface area contributed by atoms with E-state index in [1.54, 1.807) is 33.2 Å². The highest BCUT2D eigenvalue weighted by atomic mass is 16.5. The van der Waals surface area contributed by atoms with E-state index >= 15 is 0 Å². The number of amides is 2. The molecule has 2 amide bonds. The zero-order valence-electron chi connectivity index (χ0n) is 17.0. The van der Waals surface area contributed by atoms with E-state index < -0.39 is 11.4 Å². The zero-order chi connectivity index (χ0) is 21.7. The number of ether oxygens (including phenoxy) is 2. The molecule has 0 saturated carbocycles. The third kappa shape index (κ3) is 4.69. The number of carbonyl (C=O) groups is 2. The lowest BCUT2D eigenvalue weighted by atomic mass is 9.91. The number of anilines is 1. The van der Waals surface area contributed by atoms with Crippen LogP contribution < -0.4 is 15.8 Å². The molecular formula is C19H23N7O4. The van der Waals surface area contributed by atoms with Crippen molar-refractivity contribution in [3.63, 3.8) is 0 Å². The summed E-state index contributed by atoms with van der Waals surface area (Å²) in [6, 6.07) is 3.28. The number of nitrogens with zero attached hydrogens (tertiary/aromatic N) is 5. The number of carbonyl (C=O) groups excluding carboxylic acids is 2. The van der Waals surface area contributed by atoms with E-state index in [0.29, 0.717) is 30.5 Å². The quantitative estimate of drug-likeness (QED) is 0.626. The monoisotopic (exact) mass is 413 g/mol. The van der Waals surface area contributed by atoms with Crippen molar-refractivity contribution in [2.75, 3.05) is 32.7 Å². The van der Waals surface area contributed by atoms with Crippen LogP contribution in [0.15, 0.2) is 35.7 Å². The number of pyridine rings is 1. The number of nitrogens with one attached hydrogen (secondary N) is 1. The van der Waals surface area contributed by atoms with E-state index in [9.17, 15) is 9.59 Å². The summed E-state index contributed by atoms with van der Waals surface area (Å²) in [5.41, 5.74) is 6.04. The first-order valence-electron chi connectivity index (χ1n) is 9.16. The van der Waals surface area contributed by atoms with Crippen LogP contribution in [-0.4, -0.2) is 65.0 Å². The fraction of sp³-hybridized carbons (Fsp3) is 0.368. The van der Waals surface area contributed by atoms with Crippen molar-refractivity contribution in [3.8, 4) is 5.88 Å². The van der Waals surface area contributed by atoms with Gasteiger partial charge in [0.2, 0.25) is 11.8 Å². The Morgan fingerprint density at radius 1 is 1.30 bits per heavy atom. The van der Waals surface area contributed by atoms with E-state index in [1.807, 2.05) is 0 Å². The summed E-state index contributed by atoms with van der Waals surface area (Å²) in [5.74, 6) is -0.196. The third-order valence-electron chi connectivity index (χ3n) is 4.54. The van der Waals surface area contributed by atoms with Crippen LogP contribution in [0.25, 0.3) is 0 Å². The lowest BCUT2D eigenvalue weighted by molar-refractivity contribution is -0.128. The summed E-state index contributed by atoms with van der Waals surface area (Å²) in [6.07, 6.45) is 4.33. The third-order valence-corrected chi connectivity index (χ3v) is 4.54. The first kappa shape index (κ1) is 21.1. The van der Waals surface area contributed by atoms with Crippen molar-refractivity contribution in [3.05, 3.63) is 42.1 Å². The van der Waals surface area contributed by atoms with Crippen molar-refractivity contribution in [2.45, 2.75) is 18.9 Å². The average Bonchev–Trinajstić information content (AvgIpc) is 2.73. The Morgan fingerprint density at radius 2 is 2.10 bits per heavy atom. The van der Waals surface area contributed by atoms with Crippen molar-refractivity contribution >= 4 is 23.5 Å². The van der Waals surface area contributed by atoms with E-state index in [0.717, 1.165) is 0 Å². The lowest BCUT2D eigenvalue weighted by Crippen LogP contribution is -2.47. The Balaban J connectivity index is 1.72. The summed E-state index contributed by atoms with van der Waals surface area (Å²) < 4.78 is 10.2. The van der Waals surface area contributed by atoms with Crippen LogP contribution in [0.4, 0.5) is 5.69 Å². The SMILES string of the molecule is COCCOc1cnc(C(=O)Nc2ccnc(C3(C)CC(=O)N(C)C(N)=N3)c2)cn1. The van der Waals surface area contributed by atoms with Gasteiger partial charge >= 0.3 is 0 Å². The second kappa shape index (κ2) is 8.82. The van der Waals surface area contributed by atoms with Crippen LogP contribution in [0.2, 0.25) is 0 Å². The zero-order valence-corrected chi connectivity index (χ0v) is 17.0. The molecule has 1 aliphatic heterocycles. The van der Waals surface area contributed by atoms with Crippen molar-refractivity contribution < 1.29 is 19.1 Å². The van der Waals surface area contributed by atoms with Gasteiger partial charge in [-0.1, -0.05) is 0 Å². The van der Waals surface area contributed by atoms with Crippen molar-refractivity contribution in [2.24, 2.45) is 10.7 Å². The van der Waals surface area contributed by atoms with Gasteiger partial charge in [0, 0.05) is 26.0 Å². The molecule has 0 radical (unpaired) electrons. The van der Waals surface area contributed by atoms with Gasteiger partial charge in [0.05, 0.1) is 31.1 Å². The molecule has 2 aromatic rings. The predicted molar refractivity (Wildman–Crippen MR) is 108 cm³/mol. The van der Waals surface area contributed by atoms with Crippen LogP contribution in [0.5, 0.6) is 5.88 Å². The minimum absolute atomic E-state index is 0.116. The van der Waals surface area contributed by atoms with Gasteiger partial charge in [-0.3, -0.25) is 19.5 Å². The maximum atomic E-state index is 12.5. The van der Waals surface area contributed by atoms with Gasteiger partial charge < -0.3 is 20.5 Å². The van der Waals surface area contributed by atoms with Gasteiger partial charge in [-0.2, -0.15) is 0 Å². The molecule has 11 heteroatoms. The molecule has 158 valence electrons. The summed E-state index contributed by atoms with van der Waals surface area (Å²) >= 11 is 0. The largest absolute Gasteiger partial charge is 0.474 e. The summed E-state index contributed by atoms with van der Waals surface area (Å²) in [7, 11) is 3.14. The van der Waals surface area contributed by atoms with Crippen molar-refractivity contribution in [1.29, 1.82) is 0 Å². The van der Waals surface area contributed by atoms with E-state index in [1.165, 1.54) is 23.5 Å². The summed E-state index contributed by atoms with van der Waals surface area (Å²) in [6.45, 7) is 2.53. The highest BCUT2D eigenvalue weighted by Crippen LogP contribution is 2.32. The molecule has 1 unspecified atom stereocenters. The Kier molecular flexibility index (Phi) is 6.21. The minimum Gasteiger partial charge on any atom is -0.474 e. The van der Waals surface area contributed by atoms with Gasteiger partial charge in [-0.05, 0) is 19.1 Å². The molecule has 2 aromatic heterocycles. The second-order valence-electron chi connectivity index (χ2n) is 6.84. The van der Waals surface area contributed by atoms with Crippen LogP contribution in [-0.2, 0) is 15.1 Å². The number of aliphatic imine (C=N–C) groups is 1. The molecule has 30 heavy (non-hydrogen) atoms. The molecule has 3 heterocycles. The molecule has 11 nitrogen and oxygen atoms in total. The van der Waals surface area contributed by atoms with Crippen LogP contribution >= 0.6 is 0 Å². The Hall–Kier alpha value is -3.60. The van der Waals surface area contributed by atoms with E-state index in [2.05, 4.69) is 25.3 Å². The molecule has 1 atom stereocenters. The number of methoxy groups -OCH3 is 1. The van der Waals surface area contributed by atoms with Crippen LogP contribution in [0.1, 0.15) is 29.5 Å². The molecule has 0 saturated heterocycles. The molecule has 0 aromatic carbocycles. The van der Waals surface area contributed by atoms with Crippen molar-refractivity contribution in [1.82, 2.24) is 19.9 Å². The Bertz CT molecular complexity index is 964. The predicted octanol–water partition coefficient (Wildman–Crippen LogP) is 0.541. The van der Waals surface area contributed by atoms with Gasteiger partial charge in [-0.15, -0.1) is 0 Å². The molecule has 3 N–H and O–H groups in total. The fourth-order valence-corrected chi connectivity index (χ4v) is 2.79. The maximum absolute atomic E-state index is 12.5. The molecule has 0 spiro atoms. The number of hydrogen-bond acceptors (Lipinski definition) is 9. The number of nitrogens with two attached hydrogens (primary N) is 1. The molecule has 0 aliphatic carbocycles. The normalized spacial score (nSPS) is 18.7. The molecule has 1 aliphatic rings. The van der Waals surface area contributed by atoms with E-state index in [-0.39, 0.29) is 24.0 Å². The van der Waals surface area contributed by atoms with Gasteiger partial charge in [0.15, 0.2) is 5.96 Å². The molecule has 0 fully saturated rings. The number of hydrogen-bond donors (Lipinski definition) is 2. The first-order valence-corrected chi connectivity index (χ1v) is 9.16. The average molecular weight is 413 g/mol. The summed E-state index contributed by atoms with van der Waals surface area (Å²) in [4.78, 5) is 42.8. The van der Waals surface area contributed by atoms with Gasteiger partial charge in [0.1, 0.15) is 17.8 Å². The first-order chi connectivity index (χ1) is 14.3. The minimum atomic E-state index is -0.921. The van der Waals surface area contributed by atoms with Gasteiger partial charge in [-0.25, -0.2) is 15.0 Å². The highest BCUT2D eigenvalue weighted by molar-refractivity contribution is 6.02.